The van der Waals surface area contributed by atoms with Crippen LogP contribution in [0.15, 0.2) is 64.5 Å². The summed E-state index contributed by atoms with van der Waals surface area (Å²) in [4.78, 5) is 4.70. The van der Waals surface area contributed by atoms with E-state index in [4.69, 9.17) is 0 Å². The Morgan fingerprint density at radius 2 is 1.63 bits per heavy atom. The van der Waals surface area contributed by atoms with Crippen LogP contribution in [-0.4, -0.2) is 45.4 Å². The predicted molar refractivity (Wildman–Crippen MR) is 122 cm³/mol. The molecule has 162 valence electrons. The fourth-order valence-corrected chi connectivity index (χ4v) is 5.30. The number of nitrogens with zero attached hydrogens (tertiary/aromatic N) is 2. The normalized spacial score (nSPS) is 16.4. The third-order valence-corrected chi connectivity index (χ3v) is 7.59. The standard InChI is InChI=1S/C23H32N4O2S/c1-3-20-9-7-8-10-21(20)18-26-23(24-2)25-17-19-13-15-27(16-14-19)30(28,29)22-11-5-4-6-12-22/h4-12,19H,3,13-18H2,1-2H3,(H2,24,25,26). The number of aliphatic imine (C=N–C) groups is 1. The van der Waals surface area contributed by atoms with Crippen molar-refractivity contribution in [1.29, 1.82) is 0 Å². The molecule has 0 aromatic heterocycles. The minimum atomic E-state index is -3.39. The summed E-state index contributed by atoms with van der Waals surface area (Å²) in [7, 11) is -1.62. The predicted octanol–water partition coefficient (Wildman–Crippen LogP) is 3.01. The van der Waals surface area contributed by atoms with Crippen molar-refractivity contribution in [2.75, 3.05) is 26.7 Å². The van der Waals surface area contributed by atoms with Crippen LogP contribution < -0.4 is 10.6 Å². The molecule has 0 unspecified atom stereocenters. The zero-order chi connectivity index (χ0) is 21.4. The van der Waals surface area contributed by atoms with Gasteiger partial charge in [0.1, 0.15) is 0 Å². The lowest BCUT2D eigenvalue weighted by Gasteiger charge is -2.31. The van der Waals surface area contributed by atoms with E-state index < -0.39 is 10.0 Å². The summed E-state index contributed by atoms with van der Waals surface area (Å²) in [5.74, 6) is 1.20. The molecule has 0 saturated carbocycles. The third kappa shape index (κ3) is 5.61. The molecule has 1 aliphatic rings. The van der Waals surface area contributed by atoms with Crippen molar-refractivity contribution in [1.82, 2.24) is 14.9 Å². The number of nitrogens with one attached hydrogen (secondary N) is 2. The molecule has 30 heavy (non-hydrogen) atoms. The van der Waals surface area contributed by atoms with Gasteiger partial charge in [-0.15, -0.1) is 0 Å². The molecular formula is C23H32N4O2S. The van der Waals surface area contributed by atoms with Gasteiger partial charge in [0.15, 0.2) is 5.96 Å². The van der Waals surface area contributed by atoms with Crippen molar-refractivity contribution in [3.8, 4) is 0 Å². The summed E-state index contributed by atoms with van der Waals surface area (Å²) in [6.45, 7) is 4.79. The number of hydrogen-bond donors (Lipinski definition) is 2. The Labute approximate surface area is 180 Å². The summed E-state index contributed by atoms with van der Waals surface area (Å²) in [5, 5.41) is 6.79. The highest BCUT2D eigenvalue weighted by atomic mass is 32.2. The van der Waals surface area contributed by atoms with E-state index in [2.05, 4.69) is 46.8 Å². The number of guanidine groups is 1. The molecule has 0 aliphatic carbocycles. The van der Waals surface area contributed by atoms with Crippen molar-refractivity contribution < 1.29 is 8.42 Å². The fourth-order valence-electron chi connectivity index (χ4n) is 3.81. The fraction of sp³-hybridized carbons (Fsp3) is 0.435. The van der Waals surface area contributed by atoms with E-state index in [-0.39, 0.29) is 0 Å². The van der Waals surface area contributed by atoms with E-state index >= 15 is 0 Å². The highest BCUT2D eigenvalue weighted by Gasteiger charge is 2.29. The van der Waals surface area contributed by atoms with Gasteiger partial charge in [0.05, 0.1) is 4.90 Å². The van der Waals surface area contributed by atoms with Crippen molar-refractivity contribution in [2.45, 2.75) is 37.6 Å². The van der Waals surface area contributed by atoms with Crippen LogP contribution in [0.25, 0.3) is 0 Å². The number of aryl methyl sites for hydroxylation is 1. The second-order valence-corrected chi connectivity index (χ2v) is 9.53. The Balaban J connectivity index is 1.46. The maximum Gasteiger partial charge on any atom is 0.243 e. The molecule has 3 rings (SSSR count). The monoisotopic (exact) mass is 428 g/mol. The average molecular weight is 429 g/mol. The van der Waals surface area contributed by atoms with E-state index in [1.54, 1.807) is 35.6 Å². The number of hydrogen-bond acceptors (Lipinski definition) is 3. The van der Waals surface area contributed by atoms with Crippen LogP contribution in [0.2, 0.25) is 0 Å². The Hall–Kier alpha value is -2.38. The lowest BCUT2D eigenvalue weighted by atomic mass is 9.98. The van der Waals surface area contributed by atoms with Crippen LogP contribution in [-0.2, 0) is 23.0 Å². The zero-order valence-corrected chi connectivity index (χ0v) is 18.7. The van der Waals surface area contributed by atoms with E-state index in [1.807, 2.05) is 6.07 Å². The van der Waals surface area contributed by atoms with Gasteiger partial charge >= 0.3 is 0 Å². The van der Waals surface area contributed by atoms with Gasteiger partial charge in [-0.05, 0) is 48.4 Å². The minimum Gasteiger partial charge on any atom is -0.356 e. The largest absolute Gasteiger partial charge is 0.356 e. The van der Waals surface area contributed by atoms with Crippen LogP contribution in [0.3, 0.4) is 0 Å². The van der Waals surface area contributed by atoms with Crippen LogP contribution in [0.5, 0.6) is 0 Å². The molecule has 1 fully saturated rings. The Bertz CT molecular complexity index is 937. The Kier molecular flexibility index (Phi) is 7.87. The van der Waals surface area contributed by atoms with Crippen molar-refractivity contribution >= 4 is 16.0 Å². The molecular weight excluding hydrogens is 396 g/mol. The van der Waals surface area contributed by atoms with Crippen LogP contribution in [0.1, 0.15) is 30.9 Å². The number of piperidine rings is 1. The molecule has 1 heterocycles. The quantitative estimate of drug-likeness (QED) is 0.525. The van der Waals surface area contributed by atoms with Gasteiger partial charge in [-0.1, -0.05) is 49.4 Å². The molecule has 2 aromatic rings. The van der Waals surface area contributed by atoms with Gasteiger partial charge in [0.25, 0.3) is 0 Å². The number of sulfonamides is 1. The molecule has 0 bridgehead atoms. The maximum atomic E-state index is 12.8. The lowest BCUT2D eigenvalue weighted by molar-refractivity contribution is 0.273. The Morgan fingerprint density at radius 1 is 1.00 bits per heavy atom. The van der Waals surface area contributed by atoms with Gasteiger partial charge in [-0.25, -0.2) is 8.42 Å². The average Bonchev–Trinajstić information content (AvgIpc) is 2.80. The van der Waals surface area contributed by atoms with Crippen LogP contribution in [0, 0.1) is 5.92 Å². The summed E-state index contributed by atoms with van der Waals surface area (Å²) >= 11 is 0. The number of rotatable bonds is 7. The van der Waals surface area contributed by atoms with E-state index in [0.717, 1.165) is 38.3 Å². The molecule has 1 saturated heterocycles. The van der Waals surface area contributed by atoms with E-state index in [1.165, 1.54) is 11.1 Å². The molecule has 0 amide bonds. The van der Waals surface area contributed by atoms with Gasteiger partial charge < -0.3 is 10.6 Å². The van der Waals surface area contributed by atoms with Crippen LogP contribution in [0.4, 0.5) is 0 Å². The second kappa shape index (κ2) is 10.6. The first kappa shape index (κ1) is 22.3. The zero-order valence-electron chi connectivity index (χ0n) is 17.8. The molecule has 0 radical (unpaired) electrons. The second-order valence-electron chi connectivity index (χ2n) is 7.59. The molecule has 1 aliphatic heterocycles. The maximum absolute atomic E-state index is 12.8. The summed E-state index contributed by atoms with van der Waals surface area (Å²) < 4.78 is 27.1. The SMILES string of the molecule is CCc1ccccc1CNC(=NC)NCC1CCN(S(=O)(=O)c2ccccc2)CC1. The first-order valence-electron chi connectivity index (χ1n) is 10.6. The van der Waals surface area contributed by atoms with Gasteiger partial charge in [0.2, 0.25) is 10.0 Å². The molecule has 6 nitrogen and oxygen atoms in total. The molecule has 7 heteroatoms. The molecule has 0 spiro atoms. The molecule has 0 atom stereocenters. The summed E-state index contributed by atoms with van der Waals surface area (Å²) in [6, 6.07) is 17.1. The summed E-state index contributed by atoms with van der Waals surface area (Å²) in [5.41, 5.74) is 2.62. The molecule has 2 aromatic carbocycles. The Morgan fingerprint density at radius 3 is 2.27 bits per heavy atom. The van der Waals surface area contributed by atoms with Crippen molar-refractivity contribution in [3.05, 3.63) is 65.7 Å². The first-order valence-corrected chi connectivity index (χ1v) is 12.0. The summed E-state index contributed by atoms with van der Waals surface area (Å²) in [6.07, 6.45) is 2.69. The van der Waals surface area contributed by atoms with Gasteiger partial charge in [-0.3, -0.25) is 4.99 Å². The smallest absolute Gasteiger partial charge is 0.243 e. The number of benzene rings is 2. The van der Waals surface area contributed by atoms with Gasteiger partial charge in [0, 0.05) is 33.2 Å². The van der Waals surface area contributed by atoms with Crippen molar-refractivity contribution in [2.24, 2.45) is 10.9 Å². The van der Waals surface area contributed by atoms with E-state index in [9.17, 15) is 8.42 Å². The lowest BCUT2D eigenvalue weighted by Crippen LogP contribution is -2.44. The molecule has 2 N–H and O–H groups in total. The van der Waals surface area contributed by atoms with E-state index in [0.29, 0.717) is 23.9 Å². The van der Waals surface area contributed by atoms with Gasteiger partial charge in [-0.2, -0.15) is 4.31 Å². The highest BCUT2D eigenvalue weighted by Crippen LogP contribution is 2.23. The highest BCUT2D eigenvalue weighted by molar-refractivity contribution is 7.89. The van der Waals surface area contributed by atoms with Crippen LogP contribution >= 0.6 is 0 Å². The third-order valence-electron chi connectivity index (χ3n) is 5.68. The minimum absolute atomic E-state index is 0.374. The van der Waals surface area contributed by atoms with Crippen molar-refractivity contribution in [3.63, 3.8) is 0 Å². The first-order chi connectivity index (χ1) is 14.5. The topological polar surface area (TPSA) is 73.8 Å².